The number of benzene rings is 1. The summed E-state index contributed by atoms with van der Waals surface area (Å²) in [5.41, 5.74) is 0.546. The van der Waals surface area contributed by atoms with E-state index in [0.29, 0.717) is 28.7 Å². The van der Waals surface area contributed by atoms with Crippen molar-refractivity contribution in [2.45, 2.75) is 19.6 Å². The summed E-state index contributed by atoms with van der Waals surface area (Å²) in [4.78, 5) is 15.3. The van der Waals surface area contributed by atoms with Gasteiger partial charge in [0.1, 0.15) is 5.75 Å². The molecule has 0 aliphatic heterocycles. The van der Waals surface area contributed by atoms with Crippen LogP contribution in [0.5, 0.6) is 5.75 Å². The van der Waals surface area contributed by atoms with Crippen LogP contribution in [0.25, 0.3) is 0 Å². The van der Waals surface area contributed by atoms with Crippen molar-refractivity contribution in [3.63, 3.8) is 0 Å². The van der Waals surface area contributed by atoms with Crippen molar-refractivity contribution in [3.8, 4) is 11.8 Å². The number of hydrogen-bond donors (Lipinski definition) is 0. The van der Waals surface area contributed by atoms with Gasteiger partial charge in [-0.1, -0.05) is 17.7 Å². The van der Waals surface area contributed by atoms with Crippen molar-refractivity contribution in [1.82, 2.24) is 4.90 Å². The van der Waals surface area contributed by atoms with E-state index < -0.39 is 6.10 Å². The van der Waals surface area contributed by atoms with E-state index >= 15 is 0 Å². The lowest BCUT2D eigenvalue weighted by molar-refractivity contribution is -0.138. The van der Waals surface area contributed by atoms with Gasteiger partial charge in [0.25, 0.3) is 5.91 Å². The summed E-state index contributed by atoms with van der Waals surface area (Å²) < 4.78 is 6.38. The van der Waals surface area contributed by atoms with Crippen molar-refractivity contribution in [2.24, 2.45) is 0 Å². The Bertz CT molecular complexity index is 749. The van der Waals surface area contributed by atoms with Crippen molar-refractivity contribution in [3.05, 3.63) is 63.8 Å². The summed E-state index contributed by atoms with van der Waals surface area (Å²) in [7, 11) is 0. The van der Waals surface area contributed by atoms with Gasteiger partial charge in [-0.2, -0.15) is 5.26 Å². The predicted octanol–water partition coefficient (Wildman–Crippen LogP) is 4.26. The molecule has 2 aromatic rings. The molecule has 24 heavy (non-hydrogen) atoms. The minimum Gasteiger partial charge on any atom is -0.481 e. The number of nitriles is 1. The third kappa shape index (κ3) is 4.85. The van der Waals surface area contributed by atoms with Gasteiger partial charge in [0, 0.05) is 11.4 Å². The largest absolute Gasteiger partial charge is 0.481 e. The molecule has 1 aromatic heterocycles. The van der Waals surface area contributed by atoms with Crippen LogP contribution in [0.15, 0.2) is 49.1 Å². The van der Waals surface area contributed by atoms with Gasteiger partial charge in [0.05, 0.1) is 22.5 Å². The summed E-state index contributed by atoms with van der Waals surface area (Å²) in [6.45, 7) is 6.30. The van der Waals surface area contributed by atoms with Crippen molar-refractivity contribution < 1.29 is 9.53 Å². The molecule has 1 unspecified atom stereocenters. The van der Waals surface area contributed by atoms with E-state index in [4.69, 9.17) is 21.6 Å². The second-order valence-corrected chi connectivity index (χ2v) is 6.91. The SMILES string of the molecule is C=CCN(Cc1ccc(Cl)s1)C(=O)C(C)Oc1ccc(C#N)cc1. The van der Waals surface area contributed by atoms with Gasteiger partial charge in [0.15, 0.2) is 6.10 Å². The molecule has 0 N–H and O–H groups in total. The fourth-order valence-electron chi connectivity index (χ4n) is 2.13. The number of rotatable bonds is 7. The Hall–Kier alpha value is -2.29. The summed E-state index contributed by atoms with van der Waals surface area (Å²) >= 11 is 7.39. The molecule has 0 bridgehead atoms. The van der Waals surface area contributed by atoms with Crippen LogP contribution in [-0.2, 0) is 11.3 Å². The van der Waals surface area contributed by atoms with Crippen LogP contribution in [0.2, 0.25) is 4.34 Å². The molecule has 124 valence electrons. The number of nitrogens with zero attached hydrogens (tertiary/aromatic N) is 2. The Labute approximate surface area is 150 Å². The molecular weight excluding hydrogens is 344 g/mol. The van der Waals surface area contributed by atoms with Gasteiger partial charge in [-0.25, -0.2) is 0 Å². The maximum atomic E-state index is 12.6. The molecule has 0 fully saturated rings. The molecule has 1 amide bonds. The molecule has 0 spiro atoms. The lowest BCUT2D eigenvalue weighted by Gasteiger charge is -2.24. The normalized spacial score (nSPS) is 11.4. The number of ether oxygens (including phenoxy) is 1. The molecule has 2 rings (SSSR count). The Kier molecular flexibility index (Phi) is 6.42. The highest BCUT2D eigenvalue weighted by Crippen LogP contribution is 2.23. The van der Waals surface area contributed by atoms with Crippen LogP contribution in [0.3, 0.4) is 0 Å². The lowest BCUT2D eigenvalue weighted by atomic mass is 10.2. The standard InChI is InChI=1S/C18H17ClN2O2S/c1-3-10-21(12-16-8-9-17(19)24-16)18(22)13(2)23-15-6-4-14(11-20)5-7-15/h3-9,13H,1,10,12H2,2H3. The zero-order valence-corrected chi connectivity index (χ0v) is 14.8. The summed E-state index contributed by atoms with van der Waals surface area (Å²) in [5, 5.41) is 8.80. The maximum absolute atomic E-state index is 12.6. The average molecular weight is 361 g/mol. The highest BCUT2D eigenvalue weighted by Gasteiger charge is 2.22. The Balaban J connectivity index is 2.04. The molecule has 1 heterocycles. The highest BCUT2D eigenvalue weighted by molar-refractivity contribution is 7.16. The molecular formula is C18H17ClN2O2S. The Morgan fingerprint density at radius 3 is 2.67 bits per heavy atom. The first-order chi connectivity index (χ1) is 11.5. The molecule has 4 nitrogen and oxygen atoms in total. The fraction of sp³-hybridized carbons (Fsp3) is 0.222. The monoisotopic (exact) mass is 360 g/mol. The Morgan fingerprint density at radius 2 is 2.12 bits per heavy atom. The van der Waals surface area contributed by atoms with Crippen molar-refractivity contribution in [2.75, 3.05) is 6.54 Å². The topological polar surface area (TPSA) is 53.3 Å². The van der Waals surface area contributed by atoms with Crippen molar-refractivity contribution in [1.29, 1.82) is 5.26 Å². The fourth-order valence-corrected chi connectivity index (χ4v) is 3.24. The van der Waals surface area contributed by atoms with Crippen LogP contribution >= 0.6 is 22.9 Å². The van der Waals surface area contributed by atoms with E-state index in [-0.39, 0.29) is 5.91 Å². The second-order valence-electron chi connectivity index (χ2n) is 5.11. The average Bonchev–Trinajstić information content (AvgIpc) is 2.99. The Morgan fingerprint density at radius 1 is 1.42 bits per heavy atom. The maximum Gasteiger partial charge on any atom is 0.263 e. The quantitative estimate of drug-likeness (QED) is 0.693. The molecule has 6 heteroatoms. The predicted molar refractivity (Wildman–Crippen MR) is 96.2 cm³/mol. The zero-order valence-electron chi connectivity index (χ0n) is 13.2. The smallest absolute Gasteiger partial charge is 0.263 e. The van der Waals surface area contributed by atoms with Crippen LogP contribution in [0.4, 0.5) is 0 Å². The van der Waals surface area contributed by atoms with E-state index in [1.807, 2.05) is 18.2 Å². The van der Waals surface area contributed by atoms with Crippen LogP contribution in [0.1, 0.15) is 17.4 Å². The third-order valence-electron chi connectivity index (χ3n) is 3.28. The minimum absolute atomic E-state index is 0.135. The number of amides is 1. The summed E-state index contributed by atoms with van der Waals surface area (Å²) in [6, 6.07) is 12.4. The molecule has 0 aliphatic carbocycles. The van der Waals surface area contributed by atoms with Gasteiger partial charge < -0.3 is 9.64 Å². The summed E-state index contributed by atoms with van der Waals surface area (Å²) in [6.07, 6.45) is 1.04. The molecule has 0 saturated heterocycles. The molecule has 0 aliphatic rings. The van der Waals surface area contributed by atoms with Gasteiger partial charge in [-0.3, -0.25) is 4.79 Å². The first-order valence-corrected chi connectivity index (χ1v) is 8.53. The van der Waals surface area contributed by atoms with Crippen LogP contribution in [0, 0.1) is 11.3 Å². The minimum atomic E-state index is -0.645. The van der Waals surface area contributed by atoms with E-state index in [1.165, 1.54) is 11.3 Å². The van der Waals surface area contributed by atoms with E-state index in [9.17, 15) is 4.79 Å². The third-order valence-corrected chi connectivity index (χ3v) is 4.50. The van der Waals surface area contributed by atoms with Crippen molar-refractivity contribution >= 4 is 28.8 Å². The number of thiophene rings is 1. The highest BCUT2D eigenvalue weighted by atomic mass is 35.5. The van der Waals surface area contributed by atoms with E-state index in [0.717, 1.165) is 4.88 Å². The van der Waals surface area contributed by atoms with Gasteiger partial charge in [0.2, 0.25) is 0 Å². The molecule has 0 radical (unpaired) electrons. The van der Waals surface area contributed by atoms with Crippen LogP contribution < -0.4 is 4.74 Å². The molecule has 0 saturated carbocycles. The van der Waals surface area contributed by atoms with Gasteiger partial charge in [-0.15, -0.1) is 17.9 Å². The first-order valence-electron chi connectivity index (χ1n) is 7.34. The van der Waals surface area contributed by atoms with Gasteiger partial charge in [-0.05, 0) is 43.3 Å². The number of carbonyl (C=O) groups excluding carboxylic acids is 1. The summed E-state index contributed by atoms with van der Waals surface area (Å²) in [5.74, 6) is 0.413. The second kappa shape index (κ2) is 8.53. The zero-order chi connectivity index (χ0) is 17.5. The number of hydrogen-bond acceptors (Lipinski definition) is 4. The first kappa shape index (κ1) is 18.1. The van der Waals surface area contributed by atoms with E-state index in [1.54, 1.807) is 42.2 Å². The van der Waals surface area contributed by atoms with E-state index in [2.05, 4.69) is 6.58 Å². The van der Waals surface area contributed by atoms with Crippen LogP contribution in [-0.4, -0.2) is 23.5 Å². The molecule has 1 atom stereocenters. The number of halogens is 1. The lowest BCUT2D eigenvalue weighted by Crippen LogP contribution is -2.40. The van der Waals surface area contributed by atoms with Gasteiger partial charge >= 0.3 is 0 Å². The number of carbonyl (C=O) groups is 1. The molecule has 1 aromatic carbocycles.